The molecule has 5 aromatic rings. The molecule has 0 spiro atoms. The maximum absolute atomic E-state index is 13.9. The van der Waals surface area contributed by atoms with Crippen LogP contribution in [0, 0.1) is 0 Å². The molecule has 0 radical (unpaired) electrons. The fraction of sp³-hybridized carbons (Fsp3) is 0.300. The third-order valence-electron chi connectivity index (χ3n) is 7.54. The first-order chi connectivity index (χ1) is 19.4. The van der Waals surface area contributed by atoms with E-state index in [0.29, 0.717) is 41.5 Å². The van der Waals surface area contributed by atoms with Crippen LogP contribution in [0.3, 0.4) is 0 Å². The highest BCUT2D eigenvalue weighted by atomic mass is 16.7. The monoisotopic (exact) mass is 537 g/mol. The molecule has 10 nitrogen and oxygen atoms in total. The van der Waals surface area contributed by atoms with Gasteiger partial charge in [0.25, 0.3) is 5.56 Å². The topological polar surface area (TPSA) is 111 Å². The Hall–Kier alpha value is -4.57. The van der Waals surface area contributed by atoms with Gasteiger partial charge in [0.05, 0.1) is 11.1 Å². The summed E-state index contributed by atoms with van der Waals surface area (Å²) >= 11 is 0. The second-order valence-corrected chi connectivity index (χ2v) is 10.6. The first kappa shape index (κ1) is 25.7. The van der Waals surface area contributed by atoms with Gasteiger partial charge in [0.15, 0.2) is 17.3 Å². The average Bonchev–Trinajstić information content (AvgIpc) is 3.63. The minimum absolute atomic E-state index is 0.155. The molecule has 204 valence electrons. The zero-order valence-corrected chi connectivity index (χ0v) is 22.7. The van der Waals surface area contributed by atoms with Crippen LogP contribution in [-0.2, 0) is 18.6 Å². The molecule has 0 saturated heterocycles. The summed E-state index contributed by atoms with van der Waals surface area (Å²) in [6.07, 6.45) is 4.40. The SMILES string of the molecule is CCC(C)(C)n1nnnc1[C@@H](c1cc2cc3c(cc2[nH]c1=O)OCO3)N(Cc1ccccc1)Cc1cccnc1. The van der Waals surface area contributed by atoms with Crippen LogP contribution in [-0.4, -0.2) is 41.9 Å². The lowest BCUT2D eigenvalue weighted by Crippen LogP contribution is -2.38. The summed E-state index contributed by atoms with van der Waals surface area (Å²) in [5.41, 5.74) is 2.73. The number of fused-ring (bicyclic) bond motifs is 2. The number of ether oxygens (including phenoxy) is 2. The largest absolute Gasteiger partial charge is 0.454 e. The van der Waals surface area contributed by atoms with Crippen LogP contribution in [0.5, 0.6) is 11.5 Å². The van der Waals surface area contributed by atoms with Gasteiger partial charge in [-0.1, -0.05) is 43.3 Å². The minimum atomic E-state index is -0.570. The molecule has 3 aromatic heterocycles. The molecule has 0 saturated carbocycles. The molecule has 1 N–H and O–H groups in total. The number of nitrogens with zero attached hydrogens (tertiary/aromatic N) is 6. The van der Waals surface area contributed by atoms with E-state index in [1.54, 1.807) is 12.3 Å². The van der Waals surface area contributed by atoms with E-state index in [-0.39, 0.29) is 17.9 Å². The van der Waals surface area contributed by atoms with E-state index in [1.807, 2.05) is 53.3 Å². The fourth-order valence-electron chi connectivity index (χ4n) is 5.04. The van der Waals surface area contributed by atoms with Gasteiger partial charge >= 0.3 is 0 Å². The van der Waals surface area contributed by atoms with Gasteiger partial charge in [-0.2, -0.15) is 0 Å². The molecule has 1 aliphatic heterocycles. The van der Waals surface area contributed by atoms with Crippen molar-refractivity contribution in [1.82, 2.24) is 35.1 Å². The van der Waals surface area contributed by atoms with E-state index < -0.39 is 6.04 Å². The van der Waals surface area contributed by atoms with E-state index in [1.165, 1.54) is 0 Å². The Balaban J connectivity index is 1.56. The highest BCUT2D eigenvalue weighted by Gasteiger charge is 2.34. The number of aromatic amines is 1. The fourth-order valence-corrected chi connectivity index (χ4v) is 5.04. The molecule has 40 heavy (non-hydrogen) atoms. The lowest BCUT2D eigenvalue weighted by Gasteiger charge is -2.33. The normalized spacial score (nSPS) is 13.7. The predicted molar refractivity (Wildman–Crippen MR) is 150 cm³/mol. The van der Waals surface area contributed by atoms with Crippen molar-refractivity contribution in [2.24, 2.45) is 0 Å². The van der Waals surface area contributed by atoms with Gasteiger partial charge in [-0.3, -0.25) is 14.7 Å². The maximum atomic E-state index is 13.9. The molecule has 0 fully saturated rings. The van der Waals surface area contributed by atoms with Crippen LogP contribution >= 0.6 is 0 Å². The third-order valence-corrected chi connectivity index (χ3v) is 7.54. The Morgan fingerprint density at radius 3 is 2.52 bits per heavy atom. The molecule has 0 amide bonds. The van der Waals surface area contributed by atoms with Crippen molar-refractivity contribution in [2.45, 2.75) is 51.9 Å². The zero-order chi connectivity index (χ0) is 27.7. The van der Waals surface area contributed by atoms with E-state index in [9.17, 15) is 4.79 Å². The third kappa shape index (κ3) is 4.93. The molecule has 10 heteroatoms. The number of nitrogens with one attached hydrogen (secondary N) is 1. The van der Waals surface area contributed by atoms with Gasteiger partial charge in [-0.15, -0.1) is 5.10 Å². The second-order valence-electron chi connectivity index (χ2n) is 10.6. The molecular formula is C30H31N7O3. The molecule has 6 rings (SSSR count). The number of aromatic nitrogens is 6. The average molecular weight is 538 g/mol. The van der Waals surface area contributed by atoms with E-state index in [4.69, 9.17) is 9.47 Å². The highest BCUT2D eigenvalue weighted by Crippen LogP contribution is 2.37. The quantitative estimate of drug-likeness (QED) is 0.291. The number of benzene rings is 2. The Morgan fingerprint density at radius 1 is 1.02 bits per heavy atom. The van der Waals surface area contributed by atoms with Crippen molar-refractivity contribution >= 4 is 10.9 Å². The number of H-pyrrole nitrogens is 1. The Labute approximate surface area is 231 Å². The molecule has 0 aliphatic carbocycles. The van der Waals surface area contributed by atoms with Crippen molar-refractivity contribution in [3.05, 3.63) is 106 Å². The lowest BCUT2D eigenvalue weighted by molar-refractivity contribution is 0.174. The van der Waals surface area contributed by atoms with Gasteiger partial charge in [-0.25, -0.2) is 4.68 Å². The summed E-state index contributed by atoms with van der Waals surface area (Å²) in [4.78, 5) is 23.5. The van der Waals surface area contributed by atoms with Crippen LogP contribution < -0.4 is 15.0 Å². The minimum Gasteiger partial charge on any atom is -0.454 e. The highest BCUT2D eigenvalue weighted by molar-refractivity contribution is 5.83. The first-order valence-corrected chi connectivity index (χ1v) is 13.3. The summed E-state index contributed by atoms with van der Waals surface area (Å²) in [7, 11) is 0. The number of hydrogen-bond acceptors (Lipinski definition) is 8. The molecule has 1 aliphatic rings. The summed E-state index contributed by atoms with van der Waals surface area (Å²) in [6.45, 7) is 7.52. The summed E-state index contributed by atoms with van der Waals surface area (Å²) in [5.74, 6) is 1.86. The van der Waals surface area contributed by atoms with Crippen molar-refractivity contribution < 1.29 is 9.47 Å². The van der Waals surface area contributed by atoms with E-state index >= 15 is 0 Å². The Bertz CT molecular complexity index is 1640. The van der Waals surface area contributed by atoms with Gasteiger partial charge < -0.3 is 14.5 Å². The van der Waals surface area contributed by atoms with Crippen LogP contribution in [0.2, 0.25) is 0 Å². The van der Waals surface area contributed by atoms with Crippen LogP contribution in [0.25, 0.3) is 10.9 Å². The first-order valence-electron chi connectivity index (χ1n) is 13.3. The van der Waals surface area contributed by atoms with E-state index in [2.05, 4.69) is 63.3 Å². The number of rotatable bonds is 9. The molecular weight excluding hydrogens is 506 g/mol. The van der Waals surface area contributed by atoms with Gasteiger partial charge in [-0.05, 0) is 60.0 Å². The second kappa shape index (κ2) is 10.5. The maximum Gasteiger partial charge on any atom is 0.253 e. The molecule has 2 aromatic carbocycles. The van der Waals surface area contributed by atoms with Crippen molar-refractivity contribution in [3.63, 3.8) is 0 Å². The van der Waals surface area contributed by atoms with Crippen molar-refractivity contribution in [3.8, 4) is 11.5 Å². The number of tetrazole rings is 1. The summed E-state index contributed by atoms with van der Waals surface area (Å²) < 4.78 is 13.0. The predicted octanol–water partition coefficient (Wildman–Crippen LogP) is 4.58. The summed E-state index contributed by atoms with van der Waals surface area (Å²) in [5, 5.41) is 13.9. The molecule has 1 atom stereocenters. The Kier molecular flexibility index (Phi) is 6.77. The van der Waals surface area contributed by atoms with E-state index in [0.717, 1.165) is 22.9 Å². The standard InChI is InChI=1S/C30H31N7O3/c1-4-30(2,3)37-28(33-34-35-37)27(23-13-22-14-25-26(40-19-39-25)15-24(22)32-29(23)38)36(17-20-9-6-5-7-10-20)18-21-11-8-12-31-16-21/h5-16,27H,4,17-19H2,1-3H3,(H,32,38)/t27-/m1/s1. The zero-order valence-electron chi connectivity index (χ0n) is 22.7. The van der Waals surface area contributed by atoms with Crippen LogP contribution in [0.15, 0.2) is 77.9 Å². The van der Waals surface area contributed by atoms with Gasteiger partial charge in [0.1, 0.15) is 6.04 Å². The van der Waals surface area contributed by atoms with Crippen LogP contribution in [0.1, 0.15) is 55.7 Å². The van der Waals surface area contributed by atoms with Gasteiger partial charge in [0.2, 0.25) is 6.79 Å². The number of hydrogen-bond donors (Lipinski definition) is 1. The number of pyridine rings is 2. The lowest BCUT2D eigenvalue weighted by atomic mass is 9.98. The Morgan fingerprint density at radius 2 is 1.77 bits per heavy atom. The summed E-state index contributed by atoms with van der Waals surface area (Å²) in [6, 6.07) is 19.2. The molecule has 0 unspecified atom stereocenters. The van der Waals surface area contributed by atoms with Crippen molar-refractivity contribution in [1.29, 1.82) is 0 Å². The van der Waals surface area contributed by atoms with Gasteiger partial charge in [0, 0.05) is 42.5 Å². The van der Waals surface area contributed by atoms with Crippen LogP contribution in [0.4, 0.5) is 0 Å². The molecule has 0 bridgehead atoms. The smallest absolute Gasteiger partial charge is 0.253 e. The van der Waals surface area contributed by atoms with Crippen molar-refractivity contribution in [2.75, 3.05) is 6.79 Å². The molecule has 4 heterocycles.